The Bertz CT molecular complexity index is 264. The summed E-state index contributed by atoms with van der Waals surface area (Å²) in [6.07, 6.45) is 0.700. The highest BCUT2D eigenvalue weighted by Gasteiger charge is 2.30. The molecule has 0 aliphatic carbocycles. The molecule has 0 spiro atoms. The second-order valence-corrected chi connectivity index (χ2v) is 5.22. The van der Waals surface area contributed by atoms with E-state index in [9.17, 15) is 13.2 Å². The average Bonchev–Trinajstić information content (AvgIpc) is 1.82. The van der Waals surface area contributed by atoms with Gasteiger partial charge >= 0.3 is 5.97 Å². The normalized spacial score (nSPS) is 16.9. The Kier molecular flexibility index (Phi) is 3.23. The Balaban J connectivity index is 4.20. The molecule has 5 nitrogen and oxygen atoms in total. The molecule has 0 amide bonds. The first-order valence-electron chi connectivity index (χ1n) is 3.29. The maximum absolute atomic E-state index is 10.6. The van der Waals surface area contributed by atoms with E-state index in [0.29, 0.717) is 0 Å². The molecule has 0 bridgehead atoms. The molecular formula is C6H12O5S. The van der Waals surface area contributed by atoms with Crippen molar-refractivity contribution < 1.29 is 23.4 Å². The number of carboxylic acid groups (broad SMARTS) is 1. The SMILES string of the molecule is CC(O)(CCS(C)(=O)=O)C(=O)O. The first-order valence-corrected chi connectivity index (χ1v) is 5.35. The van der Waals surface area contributed by atoms with Gasteiger partial charge in [-0.3, -0.25) is 0 Å². The highest BCUT2D eigenvalue weighted by atomic mass is 32.2. The van der Waals surface area contributed by atoms with Crippen LogP contribution in [0.25, 0.3) is 0 Å². The van der Waals surface area contributed by atoms with Crippen LogP contribution in [0.3, 0.4) is 0 Å². The van der Waals surface area contributed by atoms with Gasteiger partial charge in [0.05, 0.1) is 5.75 Å². The van der Waals surface area contributed by atoms with Gasteiger partial charge in [0, 0.05) is 12.7 Å². The fourth-order valence-electron chi connectivity index (χ4n) is 0.491. The van der Waals surface area contributed by atoms with Crippen LogP contribution in [-0.4, -0.2) is 42.2 Å². The van der Waals surface area contributed by atoms with E-state index in [1.165, 1.54) is 0 Å². The molecule has 72 valence electrons. The Morgan fingerprint density at radius 2 is 1.92 bits per heavy atom. The minimum absolute atomic E-state index is 0.291. The number of aliphatic hydroxyl groups is 1. The lowest BCUT2D eigenvalue weighted by molar-refractivity contribution is -0.156. The third-order valence-electron chi connectivity index (χ3n) is 1.42. The first-order chi connectivity index (χ1) is 5.15. The summed E-state index contributed by atoms with van der Waals surface area (Å²) < 4.78 is 21.2. The molecule has 6 heteroatoms. The maximum atomic E-state index is 10.6. The Morgan fingerprint density at radius 1 is 1.50 bits per heavy atom. The summed E-state index contributed by atoms with van der Waals surface area (Å²) in [6, 6.07) is 0. The molecule has 0 aromatic heterocycles. The maximum Gasteiger partial charge on any atom is 0.335 e. The monoisotopic (exact) mass is 196 g/mol. The molecule has 0 aliphatic heterocycles. The number of sulfone groups is 1. The molecule has 1 atom stereocenters. The lowest BCUT2D eigenvalue weighted by Crippen LogP contribution is -2.36. The molecule has 0 saturated carbocycles. The summed E-state index contributed by atoms with van der Waals surface area (Å²) in [5.41, 5.74) is -1.96. The van der Waals surface area contributed by atoms with E-state index in [1.54, 1.807) is 0 Å². The molecule has 1 unspecified atom stereocenters. The molecule has 0 heterocycles. The highest BCUT2D eigenvalue weighted by Crippen LogP contribution is 2.10. The van der Waals surface area contributed by atoms with Crippen LogP contribution in [-0.2, 0) is 14.6 Å². The number of hydrogen-bond donors (Lipinski definition) is 2. The van der Waals surface area contributed by atoms with E-state index in [-0.39, 0.29) is 12.2 Å². The van der Waals surface area contributed by atoms with Crippen LogP contribution in [0.1, 0.15) is 13.3 Å². The van der Waals surface area contributed by atoms with Gasteiger partial charge in [-0.05, 0) is 6.92 Å². The zero-order chi connectivity index (χ0) is 9.99. The molecule has 2 N–H and O–H groups in total. The standard InChI is InChI=1S/C6H12O5S/c1-6(9,5(7)8)3-4-12(2,10)11/h9H,3-4H2,1-2H3,(H,7,8). The van der Waals surface area contributed by atoms with E-state index >= 15 is 0 Å². The quantitative estimate of drug-likeness (QED) is 0.617. The fraction of sp³-hybridized carbons (Fsp3) is 0.833. The van der Waals surface area contributed by atoms with Crippen molar-refractivity contribution >= 4 is 15.8 Å². The minimum Gasteiger partial charge on any atom is -0.479 e. The second kappa shape index (κ2) is 3.40. The van der Waals surface area contributed by atoms with Gasteiger partial charge in [0.25, 0.3) is 0 Å². The van der Waals surface area contributed by atoms with Gasteiger partial charge in [0.2, 0.25) is 0 Å². The van der Waals surface area contributed by atoms with Gasteiger partial charge < -0.3 is 10.2 Å². The van der Waals surface area contributed by atoms with Gasteiger partial charge in [0.15, 0.2) is 5.60 Å². The summed E-state index contributed by atoms with van der Waals surface area (Å²) in [4.78, 5) is 10.3. The van der Waals surface area contributed by atoms with E-state index in [4.69, 9.17) is 10.2 Å². The van der Waals surface area contributed by atoms with Crippen molar-refractivity contribution in [2.75, 3.05) is 12.0 Å². The van der Waals surface area contributed by atoms with E-state index in [1.807, 2.05) is 0 Å². The second-order valence-electron chi connectivity index (χ2n) is 2.96. The molecule has 0 aromatic carbocycles. The highest BCUT2D eigenvalue weighted by molar-refractivity contribution is 7.90. The zero-order valence-corrected chi connectivity index (χ0v) is 7.76. The van der Waals surface area contributed by atoms with Gasteiger partial charge in [-0.1, -0.05) is 0 Å². The third-order valence-corrected chi connectivity index (χ3v) is 2.37. The van der Waals surface area contributed by atoms with Gasteiger partial charge in [0.1, 0.15) is 9.84 Å². The number of hydrogen-bond acceptors (Lipinski definition) is 4. The van der Waals surface area contributed by atoms with Crippen LogP contribution in [0.5, 0.6) is 0 Å². The van der Waals surface area contributed by atoms with Gasteiger partial charge in [-0.15, -0.1) is 0 Å². The molecule has 0 aromatic rings. The van der Waals surface area contributed by atoms with E-state index in [0.717, 1.165) is 13.2 Å². The van der Waals surface area contributed by atoms with Crippen molar-refractivity contribution in [2.24, 2.45) is 0 Å². The minimum atomic E-state index is -3.21. The Hall–Kier alpha value is -0.620. The largest absolute Gasteiger partial charge is 0.479 e. The zero-order valence-electron chi connectivity index (χ0n) is 6.94. The molecule has 0 radical (unpaired) electrons. The molecular weight excluding hydrogens is 184 g/mol. The fourth-order valence-corrected chi connectivity index (χ4v) is 1.26. The van der Waals surface area contributed by atoms with Crippen LogP contribution in [0.15, 0.2) is 0 Å². The predicted molar refractivity (Wildman–Crippen MR) is 42.6 cm³/mol. The molecule has 12 heavy (non-hydrogen) atoms. The Morgan fingerprint density at radius 3 is 2.17 bits per heavy atom. The average molecular weight is 196 g/mol. The third kappa shape index (κ3) is 4.30. The van der Waals surface area contributed by atoms with Crippen molar-refractivity contribution in [1.29, 1.82) is 0 Å². The van der Waals surface area contributed by atoms with Crippen LogP contribution in [0.4, 0.5) is 0 Å². The van der Waals surface area contributed by atoms with Crippen molar-refractivity contribution in [1.82, 2.24) is 0 Å². The smallest absolute Gasteiger partial charge is 0.335 e. The first kappa shape index (κ1) is 11.4. The lowest BCUT2D eigenvalue weighted by atomic mass is 10.1. The van der Waals surface area contributed by atoms with Crippen molar-refractivity contribution in [3.05, 3.63) is 0 Å². The summed E-state index contributed by atoms with van der Waals surface area (Å²) in [6.45, 7) is 1.07. The van der Waals surface area contributed by atoms with Crippen molar-refractivity contribution in [3.8, 4) is 0 Å². The predicted octanol–water partition coefficient (Wildman–Crippen LogP) is -0.743. The number of carboxylic acids is 1. The van der Waals surface area contributed by atoms with Gasteiger partial charge in [-0.25, -0.2) is 13.2 Å². The summed E-state index contributed by atoms with van der Waals surface area (Å²) in [5, 5.41) is 17.5. The number of aliphatic carboxylic acids is 1. The van der Waals surface area contributed by atoms with Crippen LogP contribution in [0.2, 0.25) is 0 Å². The van der Waals surface area contributed by atoms with Crippen molar-refractivity contribution in [3.63, 3.8) is 0 Å². The molecule has 0 aliphatic rings. The van der Waals surface area contributed by atoms with Gasteiger partial charge in [-0.2, -0.15) is 0 Å². The van der Waals surface area contributed by atoms with Crippen molar-refractivity contribution in [2.45, 2.75) is 18.9 Å². The van der Waals surface area contributed by atoms with E-state index < -0.39 is 21.4 Å². The summed E-state index contributed by atoms with van der Waals surface area (Å²) in [5.74, 6) is -1.74. The van der Waals surface area contributed by atoms with Crippen LogP contribution in [0, 0.1) is 0 Å². The summed E-state index contributed by atoms with van der Waals surface area (Å²) >= 11 is 0. The molecule has 0 fully saturated rings. The number of carbonyl (C=O) groups is 1. The van der Waals surface area contributed by atoms with Crippen LogP contribution < -0.4 is 0 Å². The lowest BCUT2D eigenvalue weighted by Gasteiger charge is -2.16. The Labute approximate surface area is 70.9 Å². The summed E-state index contributed by atoms with van der Waals surface area (Å²) in [7, 11) is -3.21. The molecule has 0 saturated heterocycles. The van der Waals surface area contributed by atoms with Crippen LogP contribution >= 0.6 is 0 Å². The number of rotatable bonds is 4. The molecule has 0 rings (SSSR count). The topological polar surface area (TPSA) is 91.7 Å². The van der Waals surface area contributed by atoms with E-state index in [2.05, 4.69) is 0 Å².